The fourth-order valence-electron chi connectivity index (χ4n) is 1.29. The Hall–Kier alpha value is -1.92. The molecule has 1 heterocycles. The Bertz CT molecular complexity index is 652. The van der Waals surface area contributed by atoms with Gasteiger partial charge in [-0.3, -0.25) is 10.1 Å². The molecule has 98 valence electrons. The monoisotopic (exact) mass is 302 g/mol. The molecular weight excluding hydrogens is 298 g/mol. The highest BCUT2D eigenvalue weighted by atomic mass is 35.5. The molecule has 19 heavy (non-hydrogen) atoms. The third-order valence-corrected chi connectivity index (χ3v) is 2.61. The van der Waals surface area contributed by atoms with Gasteiger partial charge in [0, 0.05) is 6.07 Å². The molecule has 1 aromatic carbocycles. The van der Waals surface area contributed by atoms with E-state index < -0.39 is 10.7 Å². The zero-order valence-corrected chi connectivity index (χ0v) is 10.7. The number of benzene rings is 1. The van der Waals surface area contributed by atoms with E-state index in [4.69, 9.17) is 27.9 Å². The molecule has 0 radical (unpaired) electrons. The van der Waals surface area contributed by atoms with Gasteiger partial charge in [0.05, 0.1) is 9.95 Å². The van der Waals surface area contributed by atoms with E-state index in [1.165, 1.54) is 12.1 Å². The van der Waals surface area contributed by atoms with Crippen molar-refractivity contribution in [3.8, 4) is 11.6 Å². The molecule has 0 unspecified atom stereocenters. The van der Waals surface area contributed by atoms with Gasteiger partial charge in [-0.2, -0.15) is 4.98 Å². The lowest BCUT2D eigenvalue weighted by Crippen LogP contribution is -1.96. The molecule has 8 heteroatoms. The fraction of sp³-hybridized carbons (Fsp3) is 0. The first kappa shape index (κ1) is 13.5. The van der Waals surface area contributed by atoms with Crippen molar-refractivity contribution in [1.82, 2.24) is 4.98 Å². The lowest BCUT2D eigenvalue weighted by molar-refractivity contribution is -0.386. The summed E-state index contributed by atoms with van der Waals surface area (Å²) >= 11 is 11.4. The van der Waals surface area contributed by atoms with Gasteiger partial charge in [0.1, 0.15) is 16.7 Å². The van der Waals surface area contributed by atoms with Crippen LogP contribution in [0.15, 0.2) is 30.3 Å². The minimum Gasteiger partial charge on any atom is -0.432 e. The Balaban J connectivity index is 2.42. The van der Waals surface area contributed by atoms with Gasteiger partial charge in [0.2, 0.25) is 0 Å². The second-order valence-electron chi connectivity index (χ2n) is 3.39. The maximum Gasteiger partial charge on any atom is 0.331 e. The summed E-state index contributed by atoms with van der Waals surface area (Å²) in [6, 6.07) is 5.79. The van der Waals surface area contributed by atoms with Crippen LogP contribution in [0.2, 0.25) is 10.2 Å². The summed E-state index contributed by atoms with van der Waals surface area (Å²) in [5, 5.41) is 10.8. The van der Waals surface area contributed by atoms with Crippen molar-refractivity contribution in [2.45, 2.75) is 0 Å². The fourth-order valence-corrected chi connectivity index (χ4v) is 1.63. The largest absolute Gasteiger partial charge is 0.432 e. The minimum absolute atomic E-state index is 0.0267. The topological polar surface area (TPSA) is 65.3 Å². The number of hydrogen-bond acceptors (Lipinski definition) is 4. The molecule has 0 aliphatic heterocycles. The predicted molar refractivity (Wildman–Crippen MR) is 67.4 cm³/mol. The first-order chi connectivity index (χ1) is 8.97. The first-order valence-corrected chi connectivity index (χ1v) is 5.67. The van der Waals surface area contributed by atoms with Crippen molar-refractivity contribution in [3.05, 3.63) is 56.4 Å². The molecule has 0 fully saturated rings. The molecule has 0 atom stereocenters. The van der Waals surface area contributed by atoms with Crippen LogP contribution in [0.25, 0.3) is 0 Å². The zero-order valence-electron chi connectivity index (χ0n) is 9.14. The van der Waals surface area contributed by atoms with Crippen molar-refractivity contribution >= 4 is 28.9 Å². The van der Waals surface area contributed by atoms with Crippen molar-refractivity contribution in [1.29, 1.82) is 0 Å². The third-order valence-electron chi connectivity index (χ3n) is 2.10. The van der Waals surface area contributed by atoms with Crippen LogP contribution in [0.5, 0.6) is 11.6 Å². The Kier molecular flexibility index (Phi) is 3.82. The normalized spacial score (nSPS) is 10.3. The molecule has 2 aromatic rings. The van der Waals surface area contributed by atoms with E-state index >= 15 is 0 Å². The summed E-state index contributed by atoms with van der Waals surface area (Å²) in [4.78, 5) is 13.8. The molecule has 0 bridgehead atoms. The average Bonchev–Trinajstić information content (AvgIpc) is 2.32. The van der Waals surface area contributed by atoms with E-state index in [1.807, 2.05) is 0 Å². The second kappa shape index (κ2) is 5.38. The van der Waals surface area contributed by atoms with Gasteiger partial charge in [-0.25, -0.2) is 4.39 Å². The number of rotatable bonds is 3. The van der Waals surface area contributed by atoms with E-state index in [0.29, 0.717) is 0 Å². The summed E-state index contributed by atoms with van der Waals surface area (Å²) in [6.07, 6.45) is 0. The molecule has 0 aliphatic carbocycles. The van der Waals surface area contributed by atoms with Crippen LogP contribution in [0.4, 0.5) is 10.1 Å². The van der Waals surface area contributed by atoms with Gasteiger partial charge in [0.15, 0.2) is 0 Å². The van der Waals surface area contributed by atoms with E-state index in [2.05, 4.69) is 4.98 Å². The van der Waals surface area contributed by atoms with E-state index in [0.717, 1.165) is 18.2 Å². The number of ether oxygens (including phenoxy) is 1. The van der Waals surface area contributed by atoms with Crippen LogP contribution >= 0.6 is 23.2 Å². The summed E-state index contributed by atoms with van der Waals surface area (Å²) in [6.45, 7) is 0. The Morgan fingerprint density at radius 1 is 1.26 bits per heavy atom. The first-order valence-electron chi connectivity index (χ1n) is 4.91. The number of pyridine rings is 1. The van der Waals surface area contributed by atoms with Crippen LogP contribution < -0.4 is 4.74 Å². The lowest BCUT2D eigenvalue weighted by Gasteiger charge is -2.07. The highest BCUT2D eigenvalue weighted by Crippen LogP contribution is 2.34. The van der Waals surface area contributed by atoms with Crippen LogP contribution in [0.3, 0.4) is 0 Å². The predicted octanol–water partition coefficient (Wildman–Crippen LogP) is 4.23. The molecular formula is C11H5Cl2FN2O3. The Labute approximate surface area is 116 Å². The maximum atomic E-state index is 12.9. The van der Waals surface area contributed by atoms with Crippen LogP contribution in [0, 0.1) is 15.9 Å². The SMILES string of the molecule is O=[N+]([O-])c1ccc(Cl)nc1Oc1ccc(F)cc1Cl. The molecule has 2 rings (SSSR count). The molecule has 1 aromatic heterocycles. The van der Waals surface area contributed by atoms with Crippen LogP contribution in [0.1, 0.15) is 0 Å². The number of hydrogen-bond donors (Lipinski definition) is 0. The second-order valence-corrected chi connectivity index (χ2v) is 4.19. The van der Waals surface area contributed by atoms with Crippen molar-refractivity contribution in [2.75, 3.05) is 0 Å². The molecule has 0 saturated carbocycles. The minimum atomic E-state index is -0.671. The summed E-state index contributed by atoms with van der Waals surface area (Å²) in [7, 11) is 0. The van der Waals surface area contributed by atoms with Crippen molar-refractivity contribution < 1.29 is 14.1 Å². The van der Waals surface area contributed by atoms with Gasteiger partial charge in [-0.15, -0.1) is 0 Å². The number of aromatic nitrogens is 1. The quantitative estimate of drug-likeness (QED) is 0.483. The average molecular weight is 303 g/mol. The number of nitro groups is 1. The van der Waals surface area contributed by atoms with Gasteiger partial charge in [-0.1, -0.05) is 23.2 Å². The highest BCUT2D eigenvalue weighted by Gasteiger charge is 2.19. The molecule has 0 aliphatic rings. The van der Waals surface area contributed by atoms with Gasteiger partial charge in [-0.05, 0) is 24.3 Å². The van der Waals surface area contributed by atoms with Crippen LogP contribution in [-0.2, 0) is 0 Å². The van der Waals surface area contributed by atoms with Crippen LogP contribution in [-0.4, -0.2) is 9.91 Å². The summed E-state index contributed by atoms with van der Waals surface area (Å²) < 4.78 is 18.1. The standard InChI is InChI=1S/C11H5Cl2FN2O3/c12-7-5-6(14)1-3-9(7)19-11-8(16(17)18)2-4-10(13)15-11/h1-5H. The van der Waals surface area contributed by atoms with Crippen molar-refractivity contribution in [2.24, 2.45) is 0 Å². The van der Waals surface area contributed by atoms with E-state index in [9.17, 15) is 14.5 Å². The Morgan fingerprint density at radius 2 is 2.00 bits per heavy atom. The van der Waals surface area contributed by atoms with E-state index in [1.54, 1.807) is 0 Å². The molecule has 0 amide bonds. The third kappa shape index (κ3) is 3.10. The molecule has 0 spiro atoms. The number of halogens is 3. The molecule has 0 N–H and O–H groups in total. The van der Waals surface area contributed by atoms with Crippen molar-refractivity contribution in [3.63, 3.8) is 0 Å². The number of nitrogens with zero attached hydrogens (tertiary/aromatic N) is 2. The zero-order chi connectivity index (χ0) is 14.0. The Morgan fingerprint density at radius 3 is 2.63 bits per heavy atom. The van der Waals surface area contributed by atoms with E-state index in [-0.39, 0.29) is 27.5 Å². The maximum absolute atomic E-state index is 12.9. The summed E-state index contributed by atoms with van der Waals surface area (Å²) in [5.41, 5.74) is -0.371. The van der Waals surface area contributed by atoms with Gasteiger partial charge >= 0.3 is 11.6 Å². The van der Waals surface area contributed by atoms with Gasteiger partial charge < -0.3 is 4.74 Å². The summed E-state index contributed by atoms with van der Waals surface area (Å²) in [5.74, 6) is -0.821. The highest BCUT2D eigenvalue weighted by molar-refractivity contribution is 6.32. The van der Waals surface area contributed by atoms with Gasteiger partial charge in [0.25, 0.3) is 0 Å². The smallest absolute Gasteiger partial charge is 0.331 e. The lowest BCUT2D eigenvalue weighted by atomic mass is 10.3. The molecule has 5 nitrogen and oxygen atoms in total. The molecule has 0 saturated heterocycles.